The molecule has 0 saturated carbocycles. The van der Waals surface area contributed by atoms with Gasteiger partial charge in [-0.1, -0.05) is 59.5 Å². The molecule has 2 heterocycles. The van der Waals surface area contributed by atoms with Crippen LogP contribution in [0.5, 0.6) is 0 Å². The van der Waals surface area contributed by atoms with E-state index in [-0.39, 0.29) is 16.5 Å². The molecule has 1 amide bonds. The molecule has 0 saturated heterocycles. The Bertz CT molecular complexity index is 1220. The van der Waals surface area contributed by atoms with E-state index in [1.165, 1.54) is 23.9 Å². The van der Waals surface area contributed by atoms with Gasteiger partial charge in [0.1, 0.15) is 17.0 Å². The summed E-state index contributed by atoms with van der Waals surface area (Å²) < 4.78 is 19.4. The molecule has 140 valence electrons. The highest BCUT2D eigenvalue weighted by Gasteiger charge is 2.16. The van der Waals surface area contributed by atoms with Crippen LogP contribution in [0.25, 0.3) is 11.0 Å². The van der Waals surface area contributed by atoms with E-state index in [4.69, 9.17) is 4.42 Å². The average molecular weight is 413 g/mol. The predicted octanol–water partition coefficient (Wildman–Crippen LogP) is 4.33. The smallest absolute Gasteiger partial charge is 0.349 e. The molecule has 2 aromatic heterocycles. The summed E-state index contributed by atoms with van der Waals surface area (Å²) in [7, 11) is 0. The number of hydrogen-bond donors (Lipinski definition) is 1. The Morgan fingerprint density at radius 2 is 1.93 bits per heavy atom. The van der Waals surface area contributed by atoms with Gasteiger partial charge in [-0.15, -0.1) is 10.2 Å². The lowest BCUT2D eigenvalue weighted by atomic mass is 10.2. The van der Waals surface area contributed by atoms with Crippen LogP contribution in [0.2, 0.25) is 0 Å². The molecule has 0 atom stereocenters. The van der Waals surface area contributed by atoms with Crippen molar-refractivity contribution in [3.63, 3.8) is 0 Å². The first-order chi connectivity index (χ1) is 13.6. The molecule has 0 aliphatic carbocycles. The van der Waals surface area contributed by atoms with Crippen molar-refractivity contribution in [2.75, 3.05) is 5.32 Å². The number of carbonyl (C=O) groups is 1. The first-order valence-corrected chi connectivity index (χ1v) is 9.94. The van der Waals surface area contributed by atoms with Crippen LogP contribution in [0.15, 0.2) is 68.1 Å². The molecule has 1 N–H and O–H groups in total. The largest absolute Gasteiger partial charge is 0.422 e. The van der Waals surface area contributed by atoms with E-state index >= 15 is 0 Å². The Balaban J connectivity index is 1.46. The normalized spacial score (nSPS) is 10.9. The number of hydrogen-bond acceptors (Lipinski definition) is 7. The van der Waals surface area contributed by atoms with Crippen molar-refractivity contribution in [2.24, 2.45) is 0 Å². The highest BCUT2D eigenvalue weighted by Crippen LogP contribution is 2.29. The van der Waals surface area contributed by atoms with Crippen molar-refractivity contribution in [2.45, 2.75) is 10.1 Å². The lowest BCUT2D eigenvalue weighted by Gasteiger charge is -2.02. The Hall–Kier alpha value is -3.04. The second kappa shape index (κ2) is 7.91. The topological polar surface area (TPSA) is 85.1 Å². The maximum atomic E-state index is 13.7. The van der Waals surface area contributed by atoms with E-state index in [1.54, 1.807) is 42.5 Å². The summed E-state index contributed by atoms with van der Waals surface area (Å²) in [5, 5.41) is 11.3. The molecule has 9 heteroatoms. The van der Waals surface area contributed by atoms with Gasteiger partial charge in [0.15, 0.2) is 4.34 Å². The molecule has 0 aliphatic heterocycles. The number of benzene rings is 2. The zero-order valence-electron chi connectivity index (χ0n) is 14.2. The van der Waals surface area contributed by atoms with Crippen molar-refractivity contribution >= 4 is 45.1 Å². The van der Waals surface area contributed by atoms with E-state index in [0.717, 1.165) is 11.3 Å². The number of carbonyl (C=O) groups excluding carboxylic acids is 1. The SMILES string of the molecule is O=C(Nc1nnc(SCc2ccccc2F)s1)c1cc2ccccc2oc1=O. The van der Waals surface area contributed by atoms with Gasteiger partial charge in [-0.25, -0.2) is 9.18 Å². The van der Waals surface area contributed by atoms with Gasteiger partial charge in [-0.05, 0) is 23.8 Å². The maximum Gasteiger partial charge on any atom is 0.349 e. The number of amides is 1. The molecule has 0 bridgehead atoms. The summed E-state index contributed by atoms with van der Waals surface area (Å²) in [5.41, 5.74) is 0.123. The second-order valence-corrected chi connectivity index (χ2v) is 7.89. The lowest BCUT2D eigenvalue weighted by molar-refractivity contribution is 0.102. The minimum atomic E-state index is -0.727. The second-order valence-electron chi connectivity index (χ2n) is 5.69. The first kappa shape index (κ1) is 18.3. The molecule has 0 unspecified atom stereocenters. The van der Waals surface area contributed by atoms with Gasteiger partial charge >= 0.3 is 5.63 Å². The summed E-state index contributed by atoms with van der Waals surface area (Å²) >= 11 is 2.45. The van der Waals surface area contributed by atoms with Gasteiger partial charge in [0, 0.05) is 11.1 Å². The number of aromatic nitrogens is 2. The monoisotopic (exact) mass is 413 g/mol. The summed E-state index contributed by atoms with van der Waals surface area (Å²) in [5.74, 6) is -0.513. The van der Waals surface area contributed by atoms with Gasteiger partial charge in [-0.3, -0.25) is 10.1 Å². The van der Waals surface area contributed by atoms with Crippen LogP contribution in [-0.2, 0) is 5.75 Å². The third kappa shape index (κ3) is 3.95. The fraction of sp³-hybridized carbons (Fsp3) is 0.0526. The van der Waals surface area contributed by atoms with E-state index < -0.39 is 11.5 Å². The molecule has 0 aliphatic rings. The molecule has 28 heavy (non-hydrogen) atoms. The molecule has 4 aromatic rings. The Morgan fingerprint density at radius 3 is 2.79 bits per heavy atom. The van der Waals surface area contributed by atoms with E-state index in [2.05, 4.69) is 15.5 Å². The Kier molecular flexibility index (Phi) is 5.18. The molecule has 6 nitrogen and oxygen atoms in total. The van der Waals surface area contributed by atoms with Crippen molar-refractivity contribution in [1.29, 1.82) is 0 Å². The zero-order valence-corrected chi connectivity index (χ0v) is 15.8. The van der Waals surface area contributed by atoms with Gasteiger partial charge < -0.3 is 4.42 Å². The molecule has 0 radical (unpaired) electrons. The van der Waals surface area contributed by atoms with Crippen molar-refractivity contribution in [3.05, 3.63) is 82.0 Å². The number of thioether (sulfide) groups is 1. The number of para-hydroxylation sites is 1. The molecular formula is C19H12FN3O3S2. The van der Waals surface area contributed by atoms with E-state index in [9.17, 15) is 14.0 Å². The number of halogens is 1. The van der Waals surface area contributed by atoms with Crippen LogP contribution in [-0.4, -0.2) is 16.1 Å². The van der Waals surface area contributed by atoms with E-state index in [1.807, 2.05) is 0 Å². The van der Waals surface area contributed by atoms with E-state index in [0.29, 0.717) is 26.6 Å². The van der Waals surface area contributed by atoms with Gasteiger partial charge in [-0.2, -0.15) is 0 Å². The molecular weight excluding hydrogens is 401 g/mol. The lowest BCUT2D eigenvalue weighted by Crippen LogP contribution is -2.20. The first-order valence-electron chi connectivity index (χ1n) is 8.14. The molecule has 2 aromatic carbocycles. The average Bonchev–Trinajstić information content (AvgIpc) is 3.14. The molecule has 0 spiro atoms. The number of fused-ring (bicyclic) bond motifs is 1. The number of rotatable bonds is 5. The third-order valence-electron chi connectivity index (χ3n) is 3.82. The summed E-state index contributed by atoms with van der Waals surface area (Å²) in [4.78, 5) is 24.5. The summed E-state index contributed by atoms with van der Waals surface area (Å²) in [6.07, 6.45) is 0. The van der Waals surface area contributed by atoms with Crippen molar-refractivity contribution in [1.82, 2.24) is 10.2 Å². The van der Waals surface area contributed by atoms with Crippen LogP contribution in [0.1, 0.15) is 15.9 Å². The predicted molar refractivity (Wildman–Crippen MR) is 106 cm³/mol. The standard InChI is InChI=1S/C19H12FN3O3S2/c20-14-7-3-1-6-12(14)10-27-19-23-22-18(28-19)21-16(24)13-9-11-5-2-4-8-15(11)26-17(13)25/h1-9H,10H2,(H,21,22,24). The third-order valence-corrected chi connectivity index (χ3v) is 5.84. The molecule has 4 rings (SSSR count). The summed E-state index contributed by atoms with van der Waals surface area (Å²) in [6.45, 7) is 0. The minimum absolute atomic E-state index is 0.116. The van der Waals surface area contributed by atoms with Crippen molar-refractivity contribution in [3.8, 4) is 0 Å². The number of nitrogens with zero attached hydrogens (tertiary/aromatic N) is 2. The van der Waals surface area contributed by atoms with Gasteiger partial charge in [0.25, 0.3) is 5.91 Å². The van der Waals surface area contributed by atoms with Crippen LogP contribution in [0.4, 0.5) is 9.52 Å². The summed E-state index contributed by atoms with van der Waals surface area (Å²) in [6, 6.07) is 14.9. The Morgan fingerprint density at radius 1 is 1.14 bits per heavy atom. The zero-order chi connectivity index (χ0) is 19.5. The van der Waals surface area contributed by atoms with Gasteiger partial charge in [0.2, 0.25) is 5.13 Å². The quantitative estimate of drug-likeness (QED) is 0.298. The highest BCUT2D eigenvalue weighted by atomic mass is 32.2. The van der Waals surface area contributed by atoms with Crippen molar-refractivity contribution < 1.29 is 13.6 Å². The number of nitrogens with one attached hydrogen (secondary N) is 1. The Labute approximate surface area is 166 Å². The van der Waals surface area contributed by atoms with Gasteiger partial charge in [0.05, 0.1) is 0 Å². The molecule has 0 fully saturated rings. The van der Waals surface area contributed by atoms with Crippen LogP contribution in [0, 0.1) is 5.82 Å². The fourth-order valence-corrected chi connectivity index (χ4v) is 4.19. The maximum absolute atomic E-state index is 13.7. The van der Waals surface area contributed by atoms with Crippen LogP contribution in [0.3, 0.4) is 0 Å². The number of anilines is 1. The highest BCUT2D eigenvalue weighted by molar-refractivity contribution is 8.00. The fourth-order valence-electron chi connectivity index (χ4n) is 2.46. The van der Waals surface area contributed by atoms with Crippen LogP contribution >= 0.6 is 23.1 Å². The van der Waals surface area contributed by atoms with Crippen LogP contribution < -0.4 is 10.9 Å². The minimum Gasteiger partial charge on any atom is -0.422 e.